The number of hydrogen-bond donors (Lipinski definition) is 2. The number of fused-ring (bicyclic) bond motifs is 6. The van der Waals surface area contributed by atoms with Crippen LogP contribution in [0.4, 0.5) is 9.18 Å². The van der Waals surface area contributed by atoms with Gasteiger partial charge in [-0.05, 0) is 118 Å². The van der Waals surface area contributed by atoms with E-state index in [0.717, 1.165) is 44.5 Å². The molecule has 3 fully saturated rings. The van der Waals surface area contributed by atoms with Crippen LogP contribution in [0.15, 0.2) is 66.9 Å². The lowest BCUT2D eigenvalue weighted by molar-refractivity contribution is -0.155. The first-order valence-corrected chi connectivity index (χ1v) is 26.9. The average Bonchev–Trinajstić information content (AvgIpc) is 3.96. The second kappa shape index (κ2) is 23.6. The number of morpholine rings is 1. The van der Waals surface area contributed by atoms with E-state index in [9.17, 15) is 24.0 Å². The van der Waals surface area contributed by atoms with E-state index in [0.29, 0.717) is 76.1 Å². The fraction of sp³-hybridized carbons (Fsp3) is 0.552. The zero-order valence-corrected chi connectivity index (χ0v) is 46.1. The van der Waals surface area contributed by atoms with E-state index in [1.54, 1.807) is 42.3 Å². The van der Waals surface area contributed by atoms with Crippen LogP contribution in [0.3, 0.4) is 0 Å². The Balaban J connectivity index is 1.13. The molecule has 0 radical (unpaired) electrons. The molecule has 4 aliphatic heterocycles. The summed E-state index contributed by atoms with van der Waals surface area (Å²) in [5.41, 5.74) is 9.20. The lowest BCUT2D eigenvalue weighted by atomic mass is 9.84. The highest BCUT2D eigenvalue weighted by molar-refractivity contribution is 5.96. The topological polar surface area (TPSA) is 171 Å². The first kappa shape index (κ1) is 56.0. The van der Waals surface area contributed by atoms with Crippen molar-refractivity contribution >= 4 is 40.6 Å². The molecule has 2 aromatic carbocycles. The molecule has 5 amide bonds. The summed E-state index contributed by atoms with van der Waals surface area (Å²) < 4.78 is 35.7. The number of urea groups is 1. The second-order valence-corrected chi connectivity index (χ2v) is 22.5. The van der Waals surface area contributed by atoms with E-state index in [1.807, 2.05) is 70.1 Å². The number of cyclic esters (lactones) is 1. The molecule has 6 heterocycles. The SMILES string of the molecule is CCn1c(-c2cccnc2[C@H](C)OC)c2c3cc(ccc31)-c1cc(CF)cc(c1)C[C@H](NC(=O)[C@H](C(C)C)N(C)C(=O)N1CC[C@]3(CN(C(=O)/C=C/CN(C)C)CCO3)C1)C(=O)N1CCC[C@H](N1)C(=O)OCC(C)(C)C2. The number of nitrogens with one attached hydrogen (secondary N) is 2. The van der Waals surface area contributed by atoms with Crippen LogP contribution in [0.1, 0.15) is 89.3 Å². The molecular weight excluding hydrogens is 970 g/mol. The van der Waals surface area contributed by atoms with Gasteiger partial charge in [-0.3, -0.25) is 29.2 Å². The van der Waals surface area contributed by atoms with Gasteiger partial charge in [0, 0.05) is 87.5 Å². The van der Waals surface area contributed by atoms with E-state index >= 15 is 4.39 Å². The smallest absolute Gasteiger partial charge is 0.324 e. The third kappa shape index (κ3) is 12.1. The number of carbonyl (C=O) groups is 5. The summed E-state index contributed by atoms with van der Waals surface area (Å²) in [4.78, 5) is 83.1. The van der Waals surface area contributed by atoms with Gasteiger partial charge in [0.1, 0.15) is 30.4 Å². The van der Waals surface area contributed by atoms with Crippen LogP contribution in [-0.2, 0) is 59.4 Å². The van der Waals surface area contributed by atoms with E-state index < -0.39 is 53.6 Å². The number of alkyl halides is 1. The van der Waals surface area contributed by atoms with Gasteiger partial charge in [-0.2, -0.15) is 0 Å². The summed E-state index contributed by atoms with van der Waals surface area (Å²) >= 11 is 0. The van der Waals surface area contributed by atoms with Crippen LogP contribution in [0.2, 0.25) is 0 Å². The number of rotatable bonds is 12. The standard InChI is InChI=1S/C58H78FN9O8/c1-11-67-48-19-18-41-31-44(48)45(52(67)43-15-12-21-60-50(43)38(4)74-10)32-57(5,6)36-75-55(72)46-16-13-23-68(62-46)54(71)47(30-39-27-40(33-59)29-42(41)28-39)61-53(70)51(37(2)3)64(9)56(73)66-24-20-58(35-66)34-65(25-26-76-58)49(69)17-14-22-63(7)8/h12,14-15,17-19,21,27-29,31,37-38,46-47,51,62H,11,13,16,20,22-26,30,32-36H2,1-10H3,(H,61,70)/b17-14+/t38-,46-,47-,51-,58-/m0/s1. The van der Waals surface area contributed by atoms with Gasteiger partial charge in [-0.25, -0.2) is 14.6 Å². The van der Waals surface area contributed by atoms with Crippen LogP contribution in [-0.4, -0.2) is 168 Å². The van der Waals surface area contributed by atoms with Gasteiger partial charge in [-0.15, -0.1) is 0 Å². The maximum Gasteiger partial charge on any atom is 0.324 e. The number of aryl methyl sites for hydroxylation is 1. The molecule has 17 nitrogen and oxygen atoms in total. The van der Waals surface area contributed by atoms with E-state index in [4.69, 9.17) is 19.2 Å². The van der Waals surface area contributed by atoms with Crippen molar-refractivity contribution in [1.29, 1.82) is 0 Å². The Labute approximate surface area is 447 Å². The van der Waals surface area contributed by atoms with E-state index in [-0.39, 0.29) is 50.1 Å². The fourth-order valence-electron chi connectivity index (χ4n) is 11.5. The highest BCUT2D eigenvalue weighted by atomic mass is 19.1. The Kier molecular flexibility index (Phi) is 17.4. The first-order valence-electron chi connectivity index (χ1n) is 26.9. The minimum Gasteiger partial charge on any atom is -0.464 e. The van der Waals surface area contributed by atoms with Crippen molar-refractivity contribution in [2.75, 3.05) is 80.7 Å². The number of ether oxygens (including phenoxy) is 3. The van der Waals surface area contributed by atoms with Gasteiger partial charge >= 0.3 is 12.0 Å². The summed E-state index contributed by atoms with van der Waals surface area (Å²) in [5.74, 6) is -2.02. The number of esters is 1. The number of hydrazine groups is 1. The number of benzene rings is 2. The molecule has 410 valence electrons. The van der Waals surface area contributed by atoms with E-state index in [1.165, 1.54) is 9.91 Å². The normalized spacial score (nSPS) is 22.1. The highest BCUT2D eigenvalue weighted by Crippen LogP contribution is 2.42. The number of hydrogen-bond acceptors (Lipinski definition) is 11. The van der Waals surface area contributed by atoms with Gasteiger partial charge < -0.3 is 43.7 Å². The fourth-order valence-corrected chi connectivity index (χ4v) is 11.5. The van der Waals surface area contributed by atoms with Crippen molar-refractivity contribution in [2.45, 2.75) is 117 Å². The number of nitrogens with zero attached hydrogens (tertiary/aromatic N) is 7. The van der Waals surface area contributed by atoms with Crippen LogP contribution < -0.4 is 10.7 Å². The van der Waals surface area contributed by atoms with Gasteiger partial charge in [-0.1, -0.05) is 52.0 Å². The zero-order valence-electron chi connectivity index (χ0n) is 46.1. The number of pyridine rings is 1. The highest BCUT2D eigenvalue weighted by Gasteiger charge is 2.47. The molecule has 4 aromatic rings. The Hall–Kier alpha value is -6.21. The number of likely N-dealkylation sites (tertiary alicyclic amines) is 1. The number of halogens is 1. The number of likely N-dealkylation sites (N-methyl/N-ethyl adjacent to an activating group) is 2. The summed E-state index contributed by atoms with van der Waals surface area (Å²) in [7, 11) is 7.12. The molecule has 1 spiro atoms. The third-order valence-corrected chi connectivity index (χ3v) is 15.4. The zero-order chi connectivity index (χ0) is 54.6. The quantitative estimate of drug-likeness (QED) is 0.114. The number of amides is 5. The molecule has 2 aromatic heterocycles. The molecule has 2 N–H and O–H groups in total. The molecule has 5 atom stereocenters. The Bertz CT molecular complexity index is 2830. The average molecular weight is 1050 g/mol. The predicted molar refractivity (Wildman–Crippen MR) is 289 cm³/mol. The molecule has 3 saturated heterocycles. The third-order valence-electron chi connectivity index (χ3n) is 15.4. The number of carbonyl (C=O) groups excluding carboxylic acids is 5. The Morgan fingerprint density at radius 1 is 1.01 bits per heavy atom. The second-order valence-electron chi connectivity index (χ2n) is 22.5. The van der Waals surface area contributed by atoms with Crippen molar-refractivity contribution in [1.82, 2.24) is 44.9 Å². The van der Waals surface area contributed by atoms with Crippen LogP contribution >= 0.6 is 0 Å². The van der Waals surface area contributed by atoms with Crippen LogP contribution in [0.25, 0.3) is 33.3 Å². The van der Waals surface area contributed by atoms with Crippen molar-refractivity contribution in [3.63, 3.8) is 0 Å². The van der Waals surface area contributed by atoms with Gasteiger partial charge in [0.2, 0.25) is 11.8 Å². The Morgan fingerprint density at radius 3 is 2.51 bits per heavy atom. The molecule has 8 rings (SSSR count). The molecule has 0 unspecified atom stereocenters. The minimum absolute atomic E-state index is 0.0216. The van der Waals surface area contributed by atoms with Gasteiger partial charge in [0.15, 0.2) is 0 Å². The summed E-state index contributed by atoms with van der Waals surface area (Å²) in [5, 5.41) is 5.42. The minimum atomic E-state index is -1.19. The van der Waals surface area contributed by atoms with Gasteiger partial charge in [0.25, 0.3) is 5.91 Å². The molecule has 18 heteroatoms. The number of methoxy groups -OCH3 is 1. The molecule has 0 aliphatic carbocycles. The molecule has 6 bridgehead atoms. The summed E-state index contributed by atoms with van der Waals surface area (Å²) in [6.45, 7) is 14.5. The largest absolute Gasteiger partial charge is 0.464 e. The van der Waals surface area contributed by atoms with Crippen molar-refractivity contribution < 1.29 is 42.6 Å². The monoisotopic (exact) mass is 1050 g/mol. The molecule has 76 heavy (non-hydrogen) atoms. The van der Waals surface area contributed by atoms with Crippen molar-refractivity contribution in [2.24, 2.45) is 11.3 Å². The summed E-state index contributed by atoms with van der Waals surface area (Å²) in [6, 6.07) is 12.3. The summed E-state index contributed by atoms with van der Waals surface area (Å²) in [6.07, 6.45) is 6.82. The van der Waals surface area contributed by atoms with Gasteiger partial charge in [0.05, 0.1) is 43.8 Å². The lowest BCUT2D eigenvalue weighted by Gasteiger charge is -2.40. The molecular formula is C58H78FN9O8. The number of aromatic nitrogens is 2. The van der Waals surface area contributed by atoms with Crippen molar-refractivity contribution in [3.05, 3.63) is 89.3 Å². The van der Waals surface area contributed by atoms with Crippen molar-refractivity contribution in [3.8, 4) is 22.4 Å². The first-order chi connectivity index (χ1) is 36.2. The maximum atomic E-state index is 15.1. The molecule has 4 aliphatic rings. The Morgan fingerprint density at radius 2 is 1.79 bits per heavy atom. The lowest BCUT2D eigenvalue weighted by Crippen LogP contribution is -2.62. The predicted octanol–water partition coefficient (Wildman–Crippen LogP) is 6.71. The van der Waals surface area contributed by atoms with E-state index in [2.05, 4.69) is 54.3 Å². The van der Waals surface area contributed by atoms with Crippen LogP contribution in [0.5, 0.6) is 0 Å². The maximum absolute atomic E-state index is 15.1. The van der Waals surface area contributed by atoms with Crippen LogP contribution in [0, 0.1) is 11.3 Å². The molecule has 0 saturated carbocycles.